The highest BCUT2D eigenvalue weighted by molar-refractivity contribution is 5.87. The van der Waals surface area contributed by atoms with Crippen LogP contribution in [0.15, 0.2) is 48.8 Å². The van der Waals surface area contributed by atoms with Gasteiger partial charge in [-0.3, -0.25) is 0 Å². The molecule has 1 aromatic heterocycles. The Balaban J connectivity index is 2.21. The maximum absolute atomic E-state index is 10.9. The van der Waals surface area contributed by atoms with Crippen molar-refractivity contribution in [2.75, 3.05) is 0 Å². The van der Waals surface area contributed by atoms with Gasteiger partial charge >= 0.3 is 0 Å². The average Bonchev–Trinajstić information content (AvgIpc) is 2.32. The topological polar surface area (TPSA) is 50.8 Å². The molecule has 3 nitrogen and oxygen atoms in total. The van der Waals surface area contributed by atoms with Gasteiger partial charge in [-0.25, -0.2) is 4.57 Å². The molecule has 0 aliphatic heterocycles. The summed E-state index contributed by atoms with van der Waals surface area (Å²) in [6.07, 6.45) is 3.60. The summed E-state index contributed by atoms with van der Waals surface area (Å²) in [5.74, 6) is -0.650. The molecule has 0 fully saturated rings. The lowest BCUT2D eigenvalue weighted by Crippen LogP contribution is -2.35. The van der Waals surface area contributed by atoms with E-state index in [1.165, 1.54) is 11.1 Å². The van der Waals surface area contributed by atoms with Gasteiger partial charge in [-0.05, 0) is 18.9 Å². The number of hydrogen-bond acceptors (Lipinski definition) is 2. The van der Waals surface area contributed by atoms with Crippen molar-refractivity contribution in [2.24, 2.45) is 0 Å². The van der Waals surface area contributed by atoms with Crippen molar-refractivity contribution >= 4 is 5.90 Å². The lowest BCUT2D eigenvalue weighted by atomic mass is 10.1. The van der Waals surface area contributed by atoms with E-state index < -0.39 is 5.90 Å². The maximum atomic E-state index is 10.9. The van der Waals surface area contributed by atoms with Crippen LogP contribution in [-0.4, -0.2) is 5.90 Å². The minimum Gasteiger partial charge on any atom is -0.859 e. The van der Waals surface area contributed by atoms with Crippen LogP contribution in [0.25, 0.3) is 0 Å². The van der Waals surface area contributed by atoms with Gasteiger partial charge in [0.1, 0.15) is 0 Å². The van der Waals surface area contributed by atoms with E-state index in [-0.39, 0.29) is 0 Å². The summed E-state index contributed by atoms with van der Waals surface area (Å²) >= 11 is 0. The molecule has 17 heavy (non-hydrogen) atoms. The largest absolute Gasteiger partial charge is 0.859 e. The Hall–Kier alpha value is -2.16. The number of aryl methyl sites for hydroxylation is 1. The fraction of sp³-hybridized carbons (Fsp3) is 0.143. The Morgan fingerprint density at radius 2 is 1.94 bits per heavy atom. The van der Waals surface area contributed by atoms with Crippen molar-refractivity contribution < 1.29 is 9.67 Å². The summed E-state index contributed by atoms with van der Waals surface area (Å²) in [5.41, 5.74) is 2.82. The van der Waals surface area contributed by atoms with Crippen LogP contribution in [0.5, 0.6) is 0 Å². The Kier molecular flexibility index (Phi) is 3.19. The number of pyridine rings is 1. The number of nitrogens with one attached hydrogen (secondary N) is 1. The third-order valence-corrected chi connectivity index (χ3v) is 2.61. The van der Waals surface area contributed by atoms with Crippen LogP contribution in [0.1, 0.15) is 16.7 Å². The van der Waals surface area contributed by atoms with Gasteiger partial charge in [0, 0.05) is 17.2 Å². The highest BCUT2D eigenvalue weighted by Gasteiger charge is 2.03. The highest BCUT2D eigenvalue weighted by Crippen LogP contribution is 2.02. The predicted octanol–water partition coefficient (Wildman–Crippen LogP) is 1.02. The first kappa shape index (κ1) is 11.3. The van der Waals surface area contributed by atoms with Gasteiger partial charge in [0.25, 0.3) is 0 Å². The number of aromatic nitrogens is 1. The van der Waals surface area contributed by atoms with Crippen molar-refractivity contribution in [3.8, 4) is 0 Å². The van der Waals surface area contributed by atoms with Crippen LogP contribution >= 0.6 is 0 Å². The van der Waals surface area contributed by atoms with E-state index in [1.807, 2.05) is 10.8 Å². The molecule has 1 heterocycles. The zero-order valence-electron chi connectivity index (χ0n) is 9.68. The monoisotopic (exact) mass is 226 g/mol. The molecule has 0 aliphatic carbocycles. The molecule has 0 radical (unpaired) electrons. The van der Waals surface area contributed by atoms with E-state index in [2.05, 4.69) is 31.2 Å². The van der Waals surface area contributed by atoms with Crippen molar-refractivity contribution in [3.05, 3.63) is 65.5 Å². The summed E-state index contributed by atoms with van der Waals surface area (Å²) in [6.45, 7) is 2.76. The molecule has 3 heteroatoms. The van der Waals surface area contributed by atoms with Crippen LogP contribution in [0.2, 0.25) is 0 Å². The third-order valence-electron chi connectivity index (χ3n) is 2.61. The van der Waals surface area contributed by atoms with Crippen molar-refractivity contribution in [3.63, 3.8) is 0 Å². The first-order valence-electron chi connectivity index (χ1n) is 5.46. The van der Waals surface area contributed by atoms with Crippen molar-refractivity contribution in [2.45, 2.75) is 13.5 Å². The summed E-state index contributed by atoms with van der Waals surface area (Å²) < 4.78 is 1.91. The Morgan fingerprint density at radius 3 is 2.59 bits per heavy atom. The molecule has 2 rings (SSSR count). The molecule has 0 saturated heterocycles. The summed E-state index contributed by atoms with van der Waals surface area (Å²) in [6, 6.07) is 11.7. The van der Waals surface area contributed by atoms with Crippen LogP contribution in [-0.2, 0) is 6.54 Å². The van der Waals surface area contributed by atoms with E-state index in [0.29, 0.717) is 12.1 Å². The van der Waals surface area contributed by atoms with Gasteiger partial charge < -0.3 is 10.5 Å². The normalized spacial score (nSPS) is 10.2. The van der Waals surface area contributed by atoms with Gasteiger partial charge in [-0.1, -0.05) is 29.8 Å². The van der Waals surface area contributed by atoms with Crippen molar-refractivity contribution in [1.29, 1.82) is 5.41 Å². The maximum Gasteiger partial charge on any atom is 0.177 e. The van der Waals surface area contributed by atoms with E-state index in [1.54, 1.807) is 18.3 Å². The van der Waals surface area contributed by atoms with E-state index in [0.717, 1.165) is 0 Å². The second kappa shape index (κ2) is 4.78. The fourth-order valence-corrected chi connectivity index (χ4v) is 1.66. The first-order chi connectivity index (χ1) is 8.15. The van der Waals surface area contributed by atoms with Crippen LogP contribution < -0.4 is 9.67 Å². The van der Waals surface area contributed by atoms with Crippen LogP contribution in [0.4, 0.5) is 0 Å². The van der Waals surface area contributed by atoms with Crippen LogP contribution in [0.3, 0.4) is 0 Å². The molecule has 0 aliphatic rings. The highest BCUT2D eigenvalue weighted by atomic mass is 16.3. The minimum atomic E-state index is -0.650. The lowest BCUT2D eigenvalue weighted by Gasteiger charge is -2.05. The zero-order valence-corrected chi connectivity index (χ0v) is 9.68. The molecule has 1 aromatic carbocycles. The summed E-state index contributed by atoms with van der Waals surface area (Å²) in [5, 5.41) is 18.0. The van der Waals surface area contributed by atoms with Crippen LogP contribution in [0, 0.1) is 12.3 Å². The Labute approximate surface area is 100 Å². The van der Waals surface area contributed by atoms with E-state index in [4.69, 9.17) is 5.41 Å². The molecule has 1 N–H and O–H groups in total. The summed E-state index contributed by atoms with van der Waals surface area (Å²) in [7, 11) is 0. The standard InChI is InChI=1S/C14H14N2O/c1-11-4-6-12(7-5-11)9-16-8-2-3-13(10-16)14(15)17/h2-8,10H,9H2,1H3,(H-,15,17). The lowest BCUT2D eigenvalue weighted by molar-refractivity contribution is -0.688. The smallest absolute Gasteiger partial charge is 0.177 e. The number of hydrogen-bond donors (Lipinski definition) is 1. The third kappa shape index (κ3) is 2.91. The van der Waals surface area contributed by atoms with Gasteiger partial charge in [0.2, 0.25) is 0 Å². The van der Waals surface area contributed by atoms with Gasteiger partial charge in [-0.15, -0.1) is 0 Å². The second-order valence-electron chi connectivity index (χ2n) is 4.08. The number of benzene rings is 1. The van der Waals surface area contributed by atoms with E-state index in [9.17, 15) is 5.11 Å². The minimum absolute atomic E-state index is 0.416. The molecule has 0 spiro atoms. The SMILES string of the molecule is Cc1ccc(C[n+]2cccc(C(=N)[O-])c2)cc1. The quantitative estimate of drug-likeness (QED) is 0.474. The number of rotatable bonds is 3. The van der Waals surface area contributed by atoms with Crippen molar-refractivity contribution in [1.82, 2.24) is 0 Å². The second-order valence-corrected chi connectivity index (χ2v) is 4.08. The molecule has 0 bridgehead atoms. The molecular weight excluding hydrogens is 212 g/mol. The summed E-state index contributed by atoms with van der Waals surface area (Å²) in [4.78, 5) is 0. The van der Waals surface area contributed by atoms with Gasteiger partial charge in [0.05, 0.1) is 0 Å². The molecule has 0 atom stereocenters. The zero-order chi connectivity index (χ0) is 12.3. The molecule has 0 saturated carbocycles. The molecule has 2 aromatic rings. The van der Waals surface area contributed by atoms with E-state index >= 15 is 0 Å². The fourth-order valence-electron chi connectivity index (χ4n) is 1.66. The predicted molar refractivity (Wildman–Crippen MR) is 63.7 cm³/mol. The van der Waals surface area contributed by atoms with Gasteiger partial charge in [0.15, 0.2) is 18.9 Å². The van der Waals surface area contributed by atoms with Gasteiger partial charge in [-0.2, -0.15) is 0 Å². The molecule has 86 valence electrons. The molecular formula is C14H14N2O. The molecule has 0 unspecified atom stereocenters. The first-order valence-corrected chi connectivity index (χ1v) is 5.46. The average molecular weight is 226 g/mol. The molecule has 0 amide bonds. The number of nitrogens with zero attached hydrogens (tertiary/aromatic N) is 1. The Bertz CT molecular complexity index is 532. The Morgan fingerprint density at radius 1 is 1.24 bits per heavy atom.